The second-order valence-electron chi connectivity index (χ2n) is 4.01. The van der Waals surface area contributed by atoms with E-state index in [9.17, 15) is 4.79 Å². The Morgan fingerprint density at radius 1 is 1.20 bits per heavy atom. The zero-order chi connectivity index (χ0) is 11.5. The zero-order valence-electron chi connectivity index (χ0n) is 10.1. The van der Waals surface area contributed by atoms with Gasteiger partial charge in [0, 0.05) is 0 Å². The lowest BCUT2D eigenvalue weighted by molar-refractivity contribution is -0.124. The molecule has 0 heterocycles. The minimum Gasteiger partial charge on any atom is -0.368 e. The average Bonchev–Trinajstić information content (AvgIpc) is 2.22. The van der Waals surface area contributed by atoms with E-state index in [1.807, 2.05) is 0 Å². The molecule has 2 N–H and O–H groups in total. The van der Waals surface area contributed by atoms with E-state index in [1.54, 1.807) is 0 Å². The summed E-state index contributed by atoms with van der Waals surface area (Å²) in [6, 6.07) is 0. The summed E-state index contributed by atoms with van der Waals surface area (Å²) >= 11 is 0. The number of nitrogens with two attached hydrogens (primary N) is 1. The quantitative estimate of drug-likeness (QED) is 0.569. The smallest absolute Gasteiger partial charge is 0.243 e. The van der Waals surface area contributed by atoms with E-state index in [2.05, 4.69) is 13.8 Å². The maximum atomic E-state index is 10.5. The van der Waals surface area contributed by atoms with Crippen molar-refractivity contribution in [1.82, 2.24) is 0 Å². The Morgan fingerprint density at radius 3 is 2.40 bits per heavy atom. The van der Waals surface area contributed by atoms with Gasteiger partial charge < -0.3 is 10.5 Å². The summed E-state index contributed by atoms with van der Waals surface area (Å²) in [4.78, 5) is 10.5. The first kappa shape index (κ1) is 14.4. The van der Waals surface area contributed by atoms with Crippen molar-refractivity contribution in [3.8, 4) is 0 Å². The number of carbonyl (C=O) groups is 1. The number of ether oxygens (including phenoxy) is 1. The van der Waals surface area contributed by atoms with Crippen molar-refractivity contribution in [2.45, 2.75) is 64.9 Å². The van der Waals surface area contributed by atoms with Gasteiger partial charge in [-0.15, -0.1) is 0 Å². The van der Waals surface area contributed by atoms with Crippen molar-refractivity contribution in [1.29, 1.82) is 0 Å². The standard InChI is InChI=1S/C12H25NO2/c1-3-5-6-7-8-9-11(4-2)15-10-12(13)14/h11H,3-10H2,1-2H3,(H2,13,14). The lowest BCUT2D eigenvalue weighted by Crippen LogP contribution is -2.23. The maximum Gasteiger partial charge on any atom is 0.243 e. The molecule has 0 saturated carbocycles. The number of hydrogen-bond donors (Lipinski definition) is 1. The SMILES string of the molecule is CCCCCCCC(CC)OCC(N)=O. The Balaban J connectivity index is 3.40. The van der Waals surface area contributed by atoms with Gasteiger partial charge in [0.05, 0.1) is 6.10 Å². The van der Waals surface area contributed by atoms with Crippen LogP contribution in [0.1, 0.15) is 58.8 Å². The van der Waals surface area contributed by atoms with Gasteiger partial charge >= 0.3 is 0 Å². The Bertz CT molecular complexity index is 160. The molecule has 0 aliphatic rings. The molecule has 0 aromatic rings. The molecule has 3 nitrogen and oxygen atoms in total. The highest BCUT2D eigenvalue weighted by atomic mass is 16.5. The minimum absolute atomic E-state index is 0.0630. The van der Waals surface area contributed by atoms with Gasteiger partial charge in [-0.25, -0.2) is 0 Å². The van der Waals surface area contributed by atoms with E-state index in [4.69, 9.17) is 10.5 Å². The van der Waals surface area contributed by atoms with Gasteiger partial charge in [0.15, 0.2) is 0 Å². The molecule has 1 amide bonds. The van der Waals surface area contributed by atoms with Gasteiger partial charge in [-0.05, 0) is 12.8 Å². The molecule has 0 fully saturated rings. The lowest BCUT2D eigenvalue weighted by atomic mass is 10.1. The molecule has 1 unspecified atom stereocenters. The summed E-state index contributed by atoms with van der Waals surface area (Å²) in [6.07, 6.45) is 8.58. The summed E-state index contributed by atoms with van der Waals surface area (Å²) in [5, 5.41) is 0. The van der Waals surface area contributed by atoms with Gasteiger partial charge in [-0.2, -0.15) is 0 Å². The van der Waals surface area contributed by atoms with Gasteiger partial charge in [0.2, 0.25) is 5.91 Å². The van der Waals surface area contributed by atoms with Crippen LogP contribution >= 0.6 is 0 Å². The molecule has 1 atom stereocenters. The first-order chi connectivity index (χ1) is 7.20. The Hall–Kier alpha value is -0.570. The van der Waals surface area contributed by atoms with Crippen LogP contribution < -0.4 is 5.73 Å². The van der Waals surface area contributed by atoms with Crippen molar-refractivity contribution in [2.24, 2.45) is 5.73 Å². The fourth-order valence-electron chi connectivity index (χ4n) is 1.58. The second-order valence-corrected chi connectivity index (χ2v) is 4.01. The third-order valence-corrected chi connectivity index (χ3v) is 2.55. The van der Waals surface area contributed by atoms with Crippen LogP contribution in [0.5, 0.6) is 0 Å². The van der Waals surface area contributed by atoms with Crippen LogP contribution in [-0.2, 0) is 9.53 Å². The van der Waals surface area contributed by atoms with E-state index in [0.717, 1.165) is 12.8 Å². The van der Waals surface area contributed by atoms with Crippen molar-refractivity contribution in [2.75, 3.05) is 6.61 Å². The summed E-state index contributed by atoms with van der Waals surface area (Å²) in [7, 11) is 0. The summed E-state index contributed by atoms with van der Waals surface area (Å²) in [5.74, 6) is -0.376. The maximum absolute atomic E-state index is 10.5. The molecule has 0 aliphatic heterocycles. The molecule has 90 valence electrons. The number of primary amides is 1. The fraction of sp³-hybridized carbons (Fsp3) is 0.917. The van der Waals surface area contributed by atoms with Crippen LogP contribution in [0.2, 0.25) is 0 Å². The molecule has 0 aromatic heterocycles. The first-order valence-electron chi connectivity index (χ1n) is 6.10. The second kappa shape index (κ2) is 9.97. The Kier molecular flexibility index (Phi) is 9.59. The number of carbonyl (C=O) groups excluding carboxylic acids is 1. The molecular weight excluding hydrogens is 190 g/mol. The van der Waals surface area contributed by atoms with E-state index in [1.165, 1.54) is 32.1 Å². The molecule has 0 aliphatic carbocycles. The zero-order valence-corrected chi connectivity index (χ0v) is 10.1. The van der Waals surface area contributed by atoms with Crippen LogP contribution in [0.15, 0.2) is 0 Å². The number of hydrogen-bond acceptors (Lipinski definition) is 2. The molecule has 0 spiro atoms. The number of amides is 1. The molecule has 0 radical (unpaired) electrons. The monoisotopic (exact) mass is 215 g/mol. The minimum atomic E-state index is -0.376. The predicted molar refractivity (Wildman–Crippen MR) is 62.6 cm³/mol. The first-order valence-corrected chi connectivity index (χ1v) is 6.10. The van der Waals surface area contributed by atoms with E-state index >= 15 is 0 Å². The van der Waals surface area contributed by atoms with Crippen LogP contribution in [0.25, 0.3) is 0 Å². The van der Waals surface area contributed by atoms with E-state index in [0.29, 0.717) is 0 Å². The Morgan fingerprint density at radius 2 is 1.87 bits per heavy atom. The summed E-state index contributed by atoms with van der Waals surface area (Å²) < 4.78 is 5.38. The normalized spacial score (nSPS) is 12.7. The van der Waals surface area contributed by atoms with Gasteiger partial charge in [0.25, 0.3) is 0 Å². The highest BCUT2D eigenvalue weighted by Crippen LogP contribution is 2.11. The number of unbranched alkanes of at least 4 members (excludes halogenated alkanes) is 4. The van der Waals surface area contributed by atoms with Crippen LogP contribution in [0, 0.1) is 0 Å². The highest BCUT2D eigenvalue weighted by Gasteiger charge is 2.07. The van der Waals surface area contributed by atoms with Crippen molar-refractivity contribution >= 4 is 5.91 Å². The molecule has 15 heavy (non-hydrogen) atoms. The van der Waals surface area contributed by atoms with Gasteiger partial charge in [-0.3, -0.25) is 4.79 Å². The number of rotatable bonds is 10. The van der Waals surface area contributed by atoms with Gasteiger partial charge in [-0.1, -0.05) is 46.0 Å². The topological polar surface area (TPSA) is 52.3 Å². The fourth-order valence-corrected chi connectivity index (χ4v) is 1.58. The molecule has 0 aromatic carbocycles. The largest absolute Gasteiger partial charge is 0.368 e. The molecule has 0 saturated heterocycles. The van der Waals surface area contributed by atoms with E-state index < -0.39 is 0 Å². The molecular formula is C12H25NO2. The molecule has 3 heteroatoms. The van der Waals surface area contributed by atoms with Crippen LogP contribution in [0.3, 0.4) is 0 Å². The Labute approximate surface area is 93.4 Å². The highest BCUT2D eigenvalue weighted by molar-refractivity contribution is 5.74. The van der Waals surface area contributed by atoms with Crippen molar-refractivity contribution in [3.05, 3.63) is 0 Å². The third kappa shape index (κ3) is 9.73. The third-order valence-electron chi connectivity index (χ3n) is 2.55. The van der Waals surface area contributed by atoms with Gasteiger partial charge in [0.1, 0.15) is 6.61 Å². The van der Waals surface area contributed by atoms with Crippen LogP contribution in [-0.4, -0.2) is 18.6 Å². The molecule has 0 bridgehead atoms. The van der Waals surface area contributed by atoms with Crippen LogP contribution in [0.4, 0.5) is 0 Å². The van der Waals surface area contributed by atoms with Crippen molar-refractivity contribution < 1.29 is 9.53 Å². The van der Waals surface area contributed by atoms with Crippen molar-refractivity contribution in [3.63, 3.8) is 0 Å². The lowest BCUT2D eigenvalue weighted by Gasteiger charge is -2.14. The molecule has 0 rings (SSSR count). The summed E-state index contributed by atoms with van der Waals surface area (Å²) in [5.41, 5.74) is 5.03. The summed E-state index contributed by atoms with van der Waals surface area (Å²) in [6.45, 7) is 4.36. The average molecular weight is 215 g/mol. The van der Waals surface area contributed by atoms with E-state index in [-0.39, 0.29) is 18.6 Å². The predicted octanol–water partition coefficient (Wildman–Crippen LogP) is 2.63.